The average Bonchev–Trinajstić information content (AvgIpc) is 2.15. The van der Waals surface area contributed by atoms with Crippen LogP contribution in [0, 0.1) is 5.41 Å². The summed E-state index contributed by atoms with van der Waals surface area (Å²) in [5, 5.41) is 0. The first-order valence-corrected chi connectivity index (χ1v) is 6.07. The summed E-state index contributed by atoms with van der Waals surface area (Å²) in [6.45, 7) is 6.50. The molecule has 0 heterocycles. The minimum atomic E-state index is 0. The molecule has 0 bridgehead atoms. The molecule has 1 aromatic carbocycles. The molecule has 0 saturated carbocycles. The largest absolute Gasteiger partial charge is 0.324 e. The molecule has 0 aliphatic carbocycles. The van der Waals surface area contributed by atoms with Crippen molar-refractivity contribution in [2.45, 2.75) is 31.7 Å². The van der Waals surface area contributed by atoms with Gasteiger partial charge in [0.1, 0.15) is 0 Å². The fraction of sp³-hybridized carbons (Fsp3) is 0.500. The highest BCUT2D eigenvalue weighted by Gasteiger charge is 2.21. The summed E-state index contributed by atoms with van der Waals surface area (Å²) in [7, 11) is 0. The van der Waals surface area contributed by atoms with Gasteiger partial charge in [-0.05, 0) is 29.4 Å². The highest BCUT2D eigenvalue weighted by Crippen LogP contribution is 2.30. The minimum Gasteiger partial charge on any atom is -0.324 e. The molecule has 3 heteroatoms. The van der Waals surface area contributed by atoms with E-state index in [-0.39, 0.29) is 23.9 Å². The van der Waals surface area contributed by atoms with Crippen molar-refractivity contribution in [3.05, 3.63) is 29.8 Å². The van der Waals surface area contributed by atoms with Crippen LogP contribution in [0.1, 0.15) is 32.4 Å². The van der Waals surface area contributed by atoms with E-state index in [1.807, 2.05) is 0 Å². The second-order valence-electron chi connectivity index (χ2n) is 4.62. The number of nitrogens with two attached hydrogens (primary N) is 1. The van der Waals surface area contributed by atoms with E-state index < -0.39 is 0 Å². The Balaban J connectivity index is 0.00000196. The monoisotopic (exact) mass is 245 g/mol. The first-order chi connectivity index (χ1) is 6.45. The van der Waals surface area contributed by atoms with E-state index in [1.54, 1.807) is 11.8 Å². The van der Waals surface area contributed by atoms with Crippen molar-refractivity contribution < 1.29 is 0 Å². The maximum absolute atomic E-state index is 6.16. The van der Waals surface area contributed by atoms with Crippen molar-refractivity contribution in [1.82, 2.24) is 0 Å². The molecule has 1 aromatic rings. The van der Waals surface area contributed by atoms with Crippen LogP contribution in [0.25, 0.3) is 0 Å². The lowest BCUT2D eigenvalue weighted by molar-refractivity contribution is 0.327. The summed E-state index contributed by atoms with van der Waals surface area (Å²) in [6.07, 6.45) is 2.08. The number of halogens is 1. The third kappa shape index (κ3) is 4.06. The number of benzene rings is 1. The van der Waals surface area contributed by atoms with Crippen molar-refractivity contribution >= 4 is 24.2 Å². The molecule has 86 valence electrons. The van der Waals surface area contributed by atoms with Crippen LogP contribution in [0.3, 0.4) is 0 Å². The van der Waals surface area contributed by atoms with Crippen LogP contribution < -0.4 is 5.73 Å². The fourth-order valence-corrected chi connectivity index (χ4v) is 1.72. The highest BCUT2D eigenvalue weighted by molar-refractivity contribution is 7.98. The molecule has 15 heavy (non-hydrogen) atoms. The second-order valence-corrected chi connectivity index (χ2v) is 5.50. The lowest BCUT2D eigenvalue weighted by atomic mass is 9.83. The van der Waals surface area contributed by atoms with Crippen LogP contribution in [0.4, 0.5) is 0 Å². The summed E-state index contributed by atoms with van der Waals surface area (Å²) in [5.74, 6) is 0. The summed E-state index contributed by atoms with van der Waals surface area (Å²) >= 11 is 1.76. The van der Waals surface area contributed by atoms with Crippen LogP contribution in [0.5, 0.6) is 0 Å². The highest BCUT2D eigenvalue weighted by atomic mass is 35.5. The Morgan fingerprint density at radius 3 is 1.93 bits per heavy atom. The van der Waals surface area contributed by atoms with Crippen LogP contribution in [0.2, 0.25) is 0 Å². The molecule has 0 spiro atoms. The SMILES string of the molecule is CSc1ccc([C@H](N)C(C)(C)C)cc1.Cl. The lowest BCUT2D eigenvalue weighted by Gasteiger charge is -2.27. The molecule has 0 unspecified atom stereocenters. The number of hydrogen-bond donors (Lipinski definition) is 1. The minimum absolute atomic E-state index is 0. The molecule has 0 amide bonds. The van der Waals surface area contributed by atoms with Crippen LogP contribution in [-0.4, -0.2) is 6.26 Å². The Kier molecular flexibility index (Phi) is 5.71. The van der Waals surface area contributed by atoms with Gasteiger partial charge < -0.3 is 5.73 Å². The van der Waals surface area contributed by atoms with Gasteiger partial charge in [-0.2, -0.15) is 0 Å². The normalized spacial score (nSPS) is 13.1. The van der Waals surface area contributed by atoms with E-state index >= 15 is 0 Å². The smallest absolute Gasteiger partial charge is 0.0344 e. The van der Waals surface area contributed by atoms with Crippen LogP contribution in [0.15, 0.2) is 29.2 Å². The average molecular weight is 246 g/mol. The Morgan fingerprint density at radius 1 is 1.13 bits per heavy atom. The Hall–Kier alpha value is -0.180. The standard InChI is InChI=1S/C12H19NS.ClH/c1-12(2,3)11(13)9-5-7-10(14-4)8-6-9;/h5-8,11H,13H2,1-4H3;1H/t11-;/m0./s1. The zero-order valence-electron chi connectivity index (χ0n) is 9.78. The first kappa shape index (κ1) is 14.8. The van der Waals surface area contributed by atoms with Crippen molar-refractivity contribution in [3.8, 4) is 0 Å². The van der Waals surface area contributed by atoms with E-state index in [2.05, 4.69) is 51.3 Å². The predicted octanol–water partition coefficient (Wildman–Crippen LogP) is 3.88. The van der Waals surface area contributed by atoms with Gasteiger partial charge in [0.2, 0.25) is 0 Å². The van der Waals surface area contributed by atoms with Gasteiger partial charge in [-0.1, -0.05) is 32.9 Å². The predicted molar refractivity (Wildman–Crippen MR) is 71.9 cm³/mol. The van der Waals surface area contributed by atoms with Crippen LogP contribution in [-0.2, 0) is 0 Å². The van der Waals surface area contributed by atoms with Crippen molar-refractivity contribution in [1.29, 1.82) is 0 Å². The summed E-state index contributed by atoms with van der Waals surface area (Å²) in [6, 6.07) is 8.62. The van der Waals surface area contributed by atoms with Crippen LogP contribution >= 0.6 is 24.2 Å². The summed E-state index contributed by atoms with van der Waals surface area (Å²) in [4.78, 5) is 1.29. The van der Waals surface area contributed by atoms with E-state index in [9.17, 15) is 0 Å². The molecular weight excluding hydrogens is 226 g/mol. The van der Waals surface area contributed by atoms with Crippen molar-refractivity contribution in [3.63, 3.8) is 0 Å². The molecule has 2 N–H and O–H groups in total. The topological polar surface area (TPSA) is 26.0 Å². The zero-order valence-corrected chi connectivity index (χ0v) is 11.4. The van der Waals surface area contributed by atoms with Gasteiger partial charge in [-0.3, -0.25) is 0 Å². The Bertz CT molecular complexity index is 289. The van der Waals surface area contributed by atoms with Gasteiger partial charge in [0.05, 0.1) is 0 Å². The molecule has 0 aliphatic heterocycles. The van der Waals surface area contributed by atoms with Gasteiger partial charge in [0, 0.05) is 10.9 Å². The summed E-state index contributed by atoms with van der Waals surface area (Å²) < 4.78 is 0. The maximum Gasteiger partial charge on any atom is 0.0344 e. The molecule has 0 fully saturated rings. The molecule has 0 aromatic heterocycles. The van der Waals surface area contributed by atoms with Gasteiger partial charge >= 0.3 is 0 Å². The van der Waals surface area contributed by atoms with E-state index in [0.29, 0.717) is 0 Å². The molecule has 0 radical (unpaired) electrons. The molecule has 1 nitrogen and oxygen atoms in total. The first-order valence-electron chi connectivity index (χ1n) is 4.84. The third-order valence-electron chi connectivity index (χ3n) is 2.41. The van der Waals surface area contributed by atoms with Gasteiger partial charge in [0.25, 0.3) is 0 Å². The Labute approximate surface area is 103 Å². The molecule has 1 rings (SSSR count). The lowest BCUT2D eigenvalue weighted by Crippen LogP contribution is -2.26. The van der Waals surface area contributed by atoms with Crippen molar-refractivity contribution in [2.24, 2.45) is 11.1 Å². The van der Waals surface area contributed by atoms with Gasteiger partial charge in [-0.15, -0.1) is 24.2 Å². The third-order valence-corrected chi connectivity index (χ3v) is 3.15. The second kappa shape index (κ2) is 5.78. The van der Waals surface area contributed by atoms with Gasteiger partial charge in [0.15, 0.2) is 0 Å². The maximum atomic E-state index is 6.16. The van der Waals surface area contributed by atoms with Crippen molar-refractivity contribution in [2.75, 3.05) is 6.26 Å². The number of thioether (sulfide) groups is 1. The molecular formula is C12H20ClNS. The summed E-state index contributed by atoms with van der Waals surface area (Å²) in [5.41, 5.74) is 7.50. The number of hydrogen-bond acceptors (Lipinski definition) is 2. The Morgan fingerprint density at radius 2 is 1.60 bits per heavy atom. The molecule has 0 saturated heterocycles. The fourth-order valence-electron chi connectivity index (χ4n) is 1.31. The molecule has 0 aliphatic rings. The quantitative estimate of drug-likeness (QED) is 0.801. The van der Waals surface area contributed by atoms with Gasteiger partial charge in [-0.25, -0.2) is 0 Å². The van der Waals surface area contributed by atoms with E-state index in [4.69, 9.17) is 5.73 Å². The zero-order chi connectivity index (χ0) is 10.8. The van der Waals surface area contributed by atoms with E-state index in [1.165, 1.54) is 10.5 Å². The molecule has 1 atom stereocenters. The van der Waals surface area contributed by atoms with E-state index in [0.717, 1.165) is 0 Å². The number of rotatable bonds is 2.